The normalized spacial score (nSPS) is 18.9. The van der Waals surface area contributed by atoms with Crippen molar-refractivity contribution in [2.75, 3.05) is 0 Å². The number of benzene rings is 4. The Balaban J connectivity index is 1.51. The molecule has 178 valence electrons. The minimum atomic E-state index is -4.96. The summed E-state index contributed by atoms with van der Waals surface area (Å²) in [5, 5.41) is 0. The molecule has 6 rings (SSSR count). The molecule has 0 nitrogen and oxygen atoms in total. The summed E-state index contributed by atoms with van der Waals surface area (Å²) in [5.74, 6) is 0. The van der Waals surface area contributed by atoms with Crippen LogP contribution in [-0.4, -0.2) is 4.26 Å². The molecule has 4 aromatic rings. The van der Waals surface area contributed by atoms with Gasteiger partial charge in [-0.15, -0.1) is 0 Å². The van der Waals surface area contributed by atoms with Crippen molar-refractivity contribution in [2.24, 2.45) is 0 Å². The molecule has 0 amide bonds. The van der Waals surface area contributed by atoms with E-state index in [-0.39, 0.29) is 7.35 Å². The van der Waals surface area contributed by atoms with Crippen LogP contribution in [0.3, 0.4) is 0 Å². The van der Waals surface area contributed by atoms with Gasteiger partial charge in [-0.2, -0.15) is 0 Å². The third-order valence-corrected chi connectivity index (χ3v) is 29.0. The SMILES string of the molecule is [CH2]=[Hf]([Cl])([Cl])([CH]1C(C)=Cc2c(-c3ccccc3)cccc21)[CH]1C(C)=Cc2c(-c3ccccc3)cccc21. The quantitative estimate of drug-likeness (QED) is 0.189. The van der Waals surface area contributed by atoms with Crippen molar-refractivity contribution in [3.05, 3.63) is 130 Å². The van der Waals surface area contributed by atoms with Crippen molar-refractivity contribution in [1.82, 2.24) is 0 Å². The second-order valence-corrected chi connectivity index (χ2v) is 40.4. The maximum absolute atomic E-state index is 7.84. The molecule has 0 radical (unpaired) electrons. The van der Waals surface area contributed by atoms with Crippen LogP contribution in [0.15, 0.2) is 108 Å². The summed E-state index contributed by atoms with van der Waals surface area (Å²) >= 11 is -4.96. The fourth-order valence-electron chi connectivity index (χ4n) is 6.57. The molecule has 4 aromatic carbocycles. The summed E-state index contributed by atoms with van der Waals surface area (Å²) in [7, 11) is 15.7. The van der Waals surface area contributed by atoms with Gasteiger partial charge in [0.2, 0.25) is 0 Å². The molecule has 0 spiro atoms. The number of hydrogen-bond donors (Lipinski definition) is 0. The topological polar surface area (TPSA) is 0 Å². The Bertz CT molecular complexity index is 1500. The van der Waals surface area contributed by atoms with Crippen molar-refractivity contribution >= 4 is 33.6 Å². The average molecular weight is 674 g/mol. The van der Waals surface area contributed by atoms with Crippen LogP contribution in [0.4, 0.5) is 0 Å². The molecule has 2 unspecified atom stereocenters. The summed E-state index contributed by atoms with van der Waals surface area (Å²) in [6, 6.07) is 34.2. The van der Waals surface area contributed by atoms with Crippen LogP contribution in [-0.2, 0) is 15.7 Å². The van der Waals surface area contributed by atoms with E-state index in [1.165, 1.54) is 55.7 Å². The van der Waals surface area contributed by atoms with E-state index in [0.717, 1.165) is 0 Å². The number of halogens is 2. The molecular formula is C33H28Cl2Hf. The van der Waals surface area contributed by atoms with Gasteiger partial charge >= 0.3 is 223 Å². The number of hydrogen-bond acceptors (Lipinski definition) is 0. The molecular weight excluding hydrogens is 646 g/mol. The molecule has 0 bridgehead atoms. The van der Waals surface area contributed by atoms with E-state index in [0.29, 0.717) is 0 Å². The molecule has 0 aliphatic heterocycles. The zero-order chi connectivity index (χ0) is 25.1. The Morgan fingerprint density at radius 3 is 1.33 bits per heavy atom. The van der Waals surface area contributed by atoms with Crippen LogP contribution in [0.1, 0.15) is 43.5 Å². The van der Waals surface area contributed by atoms with Gasteiger partial charge in [0, 0.05) is 0 Å². The van der Waals surface area contributed by atoms with Crippen LogP contribution in [0.5, 0.6) is 0 Å². The molecule has 2 aliphatic rings. The molecule has 0 saturated heterocycles. The maximum atomic E-state index is 7.84. The zero-order valence-electron chi connectivity index (χ0n) is 20.5. The van der Waals surface area contributed by atoms with E-state index in [1.807, 2.05) is 0 Å². The summed E-state index contributed by atoms with van der Waals surface area (Å²) in [4.78, 5) is 0. The van der Waals surface area contributed by atoms with Gasteiger partial charge < -0.3 is 0 Å². The van der Waals surface area contributed by atoms with Gasteiger partial charge in [-0.3, -0.25) is 0 Å². The van der Waals surface area contributed by atoms with Crippen molar-refractivity contribution in [2.45, 2.75) is 21.2 Å². The number of rotatable bonds is 4. The summed E-state index contributed by atoms with van der Waals surface area (Å²) in [6.07, 6.45) is 4.59. The average Bonchev–Trinajstić information content (AvgIpc) is 3.41. The van der Waals surface area contributed by atoms with Crippen LogP contribution in [0.2, 0.25) is 0 Å². The van der Waals surface area contributed by atoms with Crippen LogP contribution < -0.4 is 0 Å². The van der Waals surface area contributed by atoms with Gasteiger partial charge in [-0.1, -0.05) is 0 Å². The first-order valence-corrected chi connectivity index (χ1v) is 28.0. The van der Waals surface area contributed by atoms with E-state index >= 15 is 0 Å². The Morgan fingerprint density at radius 1 is 0.556 bits per heavy atom. The molecule has 2 atom stereocenters. The third-order valence-electron chi connectivity index (χ3n) is 7.90. The Morgan fingerprint density at radius 2 is 0.944 bits per heavy atom. The first-order valence-electron chi connectivity index (χ1n) is 12.4. The first-order chi connectivity index (χ1) is 17.2. The van der Waals surface area contributed by atoms with E-state index < -0.39 is 15.7 Å². The van der Waals surface area contributed by atoms with E-state index in [9.17, 15) is 0 Å². The Labute approximate surface area is 221 Å². The number of fused-ring (bicyclic) bond motifs is 2. The van der Waals surface area contributed by atoms with Gasteiger partial charge in [0.25, 0.3) is 0 Å². The van der Waals surface area contributed by atoms with Crippen molar-refractivity contribution in [3.63, 3.8) is 0 Å². The molecule has 0 N–H and O–H groups in total. The molecule has 0 saturated carbocycles. The van der Waals surface area contributed by atoms with Crippen molar-refractivity contribution < 1.29 is 15.7 Å². The first kappa shape index (κ1) is 24.0. The van der Waals surface area contributed by atoms with Crippen molar-refractivity contribution in [3.8, 4) is 22.3 Å². The molecule has 36 heavy (non-hydrogen) atoms. The summed E-state index contributed by atoms with van der Waals surface area (Å²) in [5.41, 5.74) is 12.2. The predicted molar refractivity (Wildman–Crippen MR) is 155 cm³/mol. The Hall–Kier alpha value is -2.32. The van der Waals surface area contributed by atoms with Crippen LogP contribution >= 0.6 is 17.2 Å². The zero-order valence-corrected chi connectivity index (χ0v) is 25.6. The third kappa shape index (κ3) is 3.71. The van der Waals surface area contributed by atoms with Gasteiger partial charge in [-0.25, -0.2) is 0 Å². The Kier molecular flexibility index (Phi) is 5.76. The van der Waals surface area contributed by atoms with Crippen molar-refractivity contribution in [1.29, 1.82) is 0 Å². The fourth-order valence-corrected chi connectivity index (χ4v) is 30.9. The van der Waals surface area contributed by atoms with Gasteiger partial charge in [0.05, 0.1) is 0 Å². The molecule has 3 heteroatoms. The summed E-state index contributed by atoms with van der Waals surface area (Å²) in [6.45, 7) is 4.36. The van der Waals surface area contributed by atoms with Gasteiger partial charge in [0.15, 0.2) is 0 Å². The van der Waals surface area contributed by atoms with Crippen LogP contribution in [0, 0.1) is 0 Å². The second kappa shape index (κ2) is 8.62. The minimum absolute atomic E-state index is 0.0383. The summed E-state index contributed by atoms with van der Waals surface area (Å²) < 4.78 is 4.76. The predicted octanol–water partition coefficient (Wildman–Crippen LogP) is 10.1. The van der Waals surface area contributed by atoms with Gasteiger partial charge in [-0.05, 0) is 0 Å². The number of allylic oxidation sites excluding steroid dienone is 2. The van der Waals surface area contributed by atoms with E-state index in [2.05, 4.69) is 123 Å². The van der Waals surface area contributed by atoms with E-state index in [4.69, 9.17) is 21.4 Å². The monoisotopic (exact) mass is 674 g/mol. The molecule has 0 fully saturated rings. The van der Waals surface area contributed by atoms with Crippen LogP contribution in [0.25, 0.3) is 34.4 Å². The second-order valence-electron chi connectivity index (χ2n) is 10.3. The molecule has 2 aliphatic carbocycles. The standard InChI is InChI=1S/2C16H13.CH2.2ClH.Hf/c2*1-12-10-14-8-5-9-15(16(14)11-12)13-6-3-2-4-7-13;;;;/h2*2-11H,1H3;1H2;2*1H;/q;;;;;+2/p-2. The fraction of sp³-hybridized carbons (Fsp3) is 0.121. The molecule has 0 heterocycles. The van der Waals surface area contributed by atoms with E-state index in [1.54, 1.807) is 0 Å². The molecule has 0 aromatic heterocycles. The van der Waals surface area contributed by atoms with Gasteiger partial charge in [0.1, 0.15) is 0 Å².